The number of hydrogen-bond donors (Lipinski definition) is 1. The van der Waals surface area contributed by atoms with Gasteiger partial charge in [-0.2, -0.15) is 0 Å². The summed E-state index contributed by atoms with van der Waals surface area (Å²) in [6.45, 7) is 2.43. The zero-order valence-corrected chi connectivity index (χ0v) is 18.0. The molecule has 0 aliphatic rings. The van der Waals surface area contributed by atoms with Crippen LogP contribution in [-0.4, -0.2) is 31.7 Å². The number of rotatable bonds is 7. The number of sulfonamides is 1. The molecule has 0 saturated heterocycles. The Kier molecular flexibility index (Phi) is 5.42. The number of benzene rings is 2. The van der Waals surface area contributed by atoms with Crippen LogP contribution in [-0.2, 0) is 23.6 Å². The third-order valence-electron chi connectivity index (χ3n) is 4.84. The standard InChI is InChI=1S/C21H21N3O6S/c1-4-29-17-7-5-13(9-18(17)28-3)11-23-31(26,27)14-6-8-16-15(10-14)20-19(21(25)30-16)22-12-24(20)2/h5-10,12,23H,4,11H2,1-3H3. The van der Waals surface area contributed by atoms with E-state index in [1.54, 1.807) is 29.8 Å². The average Bonchev–Trinajstić information content (AvgIpc) is 3.15. The fraction of sp³-hybridized carbons (Fsp3) is 0.238. The first-order valence-electron chi connectivity index (χ1n) is 9.51. The number of nitrogens with one attached hydrogen (secondary N) is 1. The molecule has 0 aliphatic carbocycles. The summed E-state index contributed by atoms with van der Waals surface area (Å²) in [5.41, 5.74) is 1.10. The summed E-state index contributed by atoms with van der Waals surface area (Å²) >= 11 is 0. The van der Waals surface area contributed by atoms with Crippen molar-refractivity contribution in [2.24, 2.45) is 7.05 Å². The molecular weight excluding hydrogens is 422 g/mol. The SMILES string of the molecule is CCOc1ccc(CNS(=O)(=O)c2ccc3oc(=O)c4ncn(C)c4c3c2)cc1OC. The highest BCUT2D eigenvalue weighted by atomic mass is 32.2. The molecule has 1 N–H and O–H groups in total. The fourth-order valence-electron chi connectivity index (χ4n) is 3.35. The lowest BCUT2D eigenvalue weighted by molar-refractivity contribution is 0.310. The first-order valence-corrected chi connectivity index (χ1v) is 11.0. The molecule has 4 rings (SSSR count). The Balaban J connectivity index is 1.66. The Bertz CT molecular complexity index is 1440. The number of ether oxygens (including phenoxy) is 2. The van der Waals surface area contributed by atoms with E-state index < -0.39 is 15.6 Å². The van der Waals surface area contributed by atoms with Crippen LogP contribution in [0.15, 0.2) is 56.8 Å². The second-order valence-corrected chi connectivity index (χ2v) is 8.61. The molecule has 0 aliphatic heterocycles. The number of aryl methyl sites for hydroxylation is 1. The lowest BCUT2D eigenvalue weighted by Crippen LogP contribution is -2.23. The van der Waals surface area contributed by atoms with Gasteiger partial charge in [0.15, 0.2) is 17.0 Å². The number of methoxy groups -OCH3 is 1. The van der Waals surface area contributed by atoms with Crippen molar-refractivity contribution in [2.75, 3.05) is 13.7 Å². The van der Waals surface area contributed by atoms with Gasteiger partial charge < -0.3 is 18.5 Å². The minimum Gasteiger partial charge on any atom is -0.493 e. The highest BCUT2D eigenvalue weighted by Crippen LogP contribution is 2.28. The molecule has 31 heavy (non-hydrogen) atoms. The Hall–Kier alpha value is -3.37. The molecule has 9 nitrogen and oxygen atoms in total. The zero-order chi connectivity index (χ0) is 22.2. The largest absolute Gasteiger partial charge is 0.493 e. The molecule has 0 bridgehead atoms. The van der Waals surface area contributed by atoms with Gasteiger partial charge in [-0.3, -0.25) is 0 Å². The maximum Gasteiger partial charge on any atom is 0.364 e. The quantitative estimate of drug-likeness (QED) is 0.437. The molecule has 2 heterocycles. The topological polar surface area (TPSA) is 113 Å². The summed E-state index contributed by atoms with van der Waals surface area (Å²) in [6, 6.07) is 9.57. The van der Waals surface area contributed by atoms with Gasteiger partial charge in [-0.1, -0.05) is 6.07 Å². The molecule has 0 atom stereocenters. The second-order valence-electron chi connectivity index (χ2n) is 6.84. The fourth-order valence-corrected chi connectivity index (χ4v) is 4.40. The van der Waals surface area contributed by atoms with Crippen molar-refractivity contribution in [1.82, 2.24) is 14.3 Å². The molecule has 10 heteroatoms. The third kappa shape index (κ3) is 3.87. The molecule has 2 aromatic carbocycles. The van der Waals surface area contributed by atoms with Gasteiger partial charge in [-0.15, -0.1) is 0 Å². The van der Waals surface area contributed by atoms with E-state index >= 15 is 0 Å². The van der Waals surface area contributed by atoms with Gasteiger partial charge in [0.1, 0.15) is 5.58 Å². The summed E-state index contributed by atoms with van der Waals surface area (Å²) in [5, 5.41) is 0.486. The van der Waals surface area contributed by atoms with Crippen molar-refractivity contribution >= 4 is 32.0 Å². The van der Waals surface area contributed by atoms with Gasteiger partial charge in [0, 0.05) is 19.0 Å². The van der Waals surface area contributed by atoms with E-state index in [1.807, 2.05) is 6.92 Å². The van der Waals surface area contributed by atoms with Gasteiger partial charge in [0.2, 0.25) is 10.0 Å². The minimum absolute atomic E-state index is 0.0502. The molecule has 0 radical (unpaired) electrons. The number of aromatic nitrogens is 2. The molecule has 0 saturated carbocycles. The number of imidazole rings is 1. The van der Waals surface area contributed by atoms with Crippen molar-refractivity contribution in [3.8, 4) is 11.5 Å². The van der Waals surface area contributed by atoms with Crippen LogP contribution < -0.4 is 19.8 Å². The highest BCUT2D eigenvalue weighted by Gasteiger charge is 2.18. The maximum absolute atomic E-state index is 12.9. The first-order chi connectivity index (χ1) is 14.8. The second kappa shape index (κ2) is 8.05. The molecule has 162 valence electrons. The van der Waals surface area contributed by atoms with Gasteiger partial charge in [0.25, 0.3) is 0 Å². The van der Waals surface area contributed by atoms with Gasteiger partial charge in [0.05, 0.1) is 30.5 Å². The molecule has 0 fully saturated rings. The molecule has 0 amide bonds. The van der Waals surface area contributed by atoms with Crippen LogP contribution in [0.1, 0.15) is 12.5 Å². The number of hydrogen-bond acceptors (Lipinski definition) is 7. The highest BCUT2D eigenvalue weighted by molar-refractivity contribution is 7.89. The predicted octanol–water partition coefficient (Wildman–Crippen LogP) is 2.57. The van der Waals surface area contributed by atoms with E-state index in [0.717, 1.165) is 0 Å². The van der Waals surface area contributed by atoms with Gasteiger partial charge in [-0.05, 0) is 42.8 Å². The van der Waals surface area contributed by atoms with Crippen LogP contribution in [0.2, 0.25) is 0 Å². The zero-order valence-electron chi connectivity index (χ0n) is 17.2. The summed E-state index contributed by atoms with van der Waals surface area (Å²) < 4.78 is 46.1. The number of fused-ring (bicyclic) bond motifs is 3. The lowest BCUT2D eigenvalue weighted by atomic mass is 10.2. The maximum atomic E-state index is 12.9. The molecule has 4 aromatic rings. The van der Waals surface area contributed by atoms with E-state index in [1.165, 1.54) is 31.6 Å². The van der Waals surface area contributed by atoms with Crippen LogP contribution in [0.4, 0.5) is 0 Å². The number of nitrogens with zero attached hydrogens (tertiary/aromatic N) is 2. The van der Waals surface area contributed by atoms with Crippen molar-refractivity contribution in [3.05, 3.63) is 58.7 Å². The van der Waals surface area contributed by atoms with E-state index in [-0.39, 0.29) is 22.5 Å². The molecule has 0 unspecified atom stereocenters. The van der Waals surface area contributed by atoms with E-state index in [0.29, 0.717) is 34.6 Å². The van der Waals surface area contributed by atoms with E-state index in [9.17, 15) is 13.2 Å². The Morgan fingerprint density at radius 3 is 2.71 bits per heavy atom. The normalized spacial score (nSPS) is 11.8. The van der Waals surface area contributed by atoms with Crippen molar-refractivity contribution in [2.45, 2.75) is 18.4 Å². The van der Waals surface area contributed by atoms with Crippen LogP contribution in [0.3, 0.4) is 0 Å². The average molecular weight is 443 g/mol. The smallest absolute Gasteiger partial charge is 0.364 e. The van der Waals surface area contributed by atoms with Crippen LogP contribution in [0, 0.1) is 0 Å². The van der Waals surface area contributed by atoms with Crippen molar-refractivity contribution in [3.63, 3.8) is 0 Å². The molecular formula is C21H21N3O6S. The van der Waals surface area contributed by atoms with Gasteiger partial charge >= 0.3 is 5.63 Å². The Morgan fingerprint density at radius 1 is 1.16 bits per heavy atom. The molecule has 0 spiro atoms. The summed E-state index contributed by atoms with van der Waals surface area (Å²) in [4.78, 5) is 16.2. The van der Waals surface area contributed by atoms with E-state index in [4.69, 9.17) is 13.9 Å². The lowest BCUT2D eigenvalue weighted by Gasteiger charge is -2.12. The third-order valence-corrected chi connectivity index (χ3v) is 6.24. The Labute approximate surface area is 178 Å². The summed E-state index contributed by atoms with van der Waals surface area (Å²) in [7, 11) is -0.581. The van der Waals surface area contributed by atoms with Gasteiger partial charge in [-0.25, -0.2) is 22.9 Å². The predicted molar refractivity (Wildman–Crippen MR) is 115 cm³/mol. The minimum atomic E-state index is -3.84. The van der Waals surface area contributed by atoms with Crippen molar-refractivity contribution < 1.29 is 22.3 Å². The first kappa shape index (κ1) is 20.9. The van der Waals surface area contributed by atoms with Crippen molar-refractivity contribution in [1.29, 1.82) is 0 Å². The van der Waals surface area contributed by atoms with Crippen LogP contribution in [0.5, 0.6) is 11.5 Å². The monoisotopic (exact) mass is 443 g/mol. The molecule has 2 aromatic heterocycles. The summed E-state index contributed by atoms with van der Waals surface area (Å²) in [6.07, 6.45) is 1.49. The van der Waals surface area contributed by atoms with E-state index in [2.05, 4.69) is 9.71 Å². The summed E-state index contributed by atoms with van der Waals surface area (Å²) in [5.74, 6) is 1.12. The van der Waals surface area contributed by atoms with Crippen LogP contribution in [0.25, 0.3) is 22.0 Å². The van der Waals surface area contributed by atoms with Crippen LogP contribution >= 0.6 is 0 Å². The Morgan fingerprint density at radius 2 is 1.97 bits per heavy atom.